The highest BCUT2D eigenvalue weighted by molar-refractivity contribution is 5.24. The molecule has 0 aromatic heterocycles. The Kier molecular flexibility index (Phi) is 3.06. The predicted octanol–water partition coefficient (Wildman–Crippen LogP) is 3.02. The van der Waals surface area contributed by atoms with Crippen LogP contribution in [0.25, 0.3) is 0 Å². The van der Waals surface area contributed by atoms with Gasteiger partial charge in [0.05, 0.1) is 0 Å². The summed E-state index contributed by atoms with van der Waals surface area (Å²) in [6, 6.07) is 5.88. The van der Waals surface area contributed by atoms with Gasteiger partial charge in [-0.05, 0) is 31.7 Å². The van der Waals surface area contributed by atoms with Crippen LogP contribution in [0.5, 0.6) is 0 Å². The zero-order valence-corrected chi connectivity index (χ0v) is 9.39. The van der Waals surface area contributed by atoms with Crippen molar-refractivity contribution in [3.63, 3.8) is 0 Å². The summed E-state index contributed by atoms with van der Waals surface area (Å²) in [6.45, 7) is 4.91. The van der Waals surface area contributed by atoms with E-state index in [9.17, 15) is 4.39 Å². The van der Waals surface area contributed by atoms with E-state index in [0.29, 0.717) is 12.6 Å². The Bertz CT molecular complexity index is 342. The van der Waals surface area contributed by atoms with Gasteiger partial charge in [-0.25, -0.2) is 4.39 Å². The van der Waals surface area contributed by atoms with Crippen molar-refractivity contribution in [2.45, 2.75) is 39.3 Å². The van der Waals surface area contributed by atoms with Crippen LogP contribution in [0.1, 0.15) is 30.9 Å². The molecule has 1 N–H and O–H groups in total. The molecule has 1 aliphatic rings. The SMILES string of the molecule is Cc1ccc(F)c(CNC2CC(C)C2)c1. The molecule has 1 aromatic rings. The van der Waals surface area contributed by atoms with Crippen LogP contribution in [0.15, 0.2) is 18.2 Å². The summed E-state index contributed by atoms with van der Waals surface area (Å²) in [4.78, 5) is 0. The molecule has 1 nitrogen and oxygen atoms in total. The molecule has 0 aliphatic heterocycles. The Morgan fingerprint density at radius 2 is 2.13 bits per heavy atom. The zero-order chi connectivity index (χ0) is 10.8. The lowest BCUT2D eigenvalue weighted by atomic mass is 9.82. The van der Waals surface area contributed by atoms with Crippen LogP contribution in [0, 0.1) is 18.7 Å². The van der Waals surface area contributed by atoms with Crippen molar-refractivity contribution < 1.29 is 4.39 Å². The summed E-state index contributed by atoms with van der Waals surface area (Å²) in [5, 5.41) is 3.39. The highest BCUT2D eigenvalue weighted by Gasteiger charge is 2.24. The van der Waals surface area contributed by atoms with Gasteiger partial charge in [0.25, 0.3) is 0 Å². The van der Waals surface area contributed by atoms with E-state index in [0.717, 1.165) is 17.0 Å². The minimum atomic E-state index is -0.0968. The summed E-state index contributed by atoms with van der Waals surface area (Å²) in [5.74, 6) is 0.741. The van der Waals surface area contributed by atoms with Crippen molar-refractivity contribution in [2.75, 3.05) is 0 Å². The molecule has 1 aromatic carbocycles. The first-order valence-electron chi connectivity index (χ1n) is 5.63. The summed E-state index contributed by atoms with van der Waals surface area (Å²) < 4.78 is 13.4. The topological polar surface area (TPSA) is 12.0 Å². The second-order valence-electron chi connectivity index (χ2n) is 4.75. The Morgan fingerprint density at radius 1 is 1.40 bits per heavy atom. The van der Waals surface area contributed by atoms with Gasteiger partial charge in [-0.1, -0.05) is 24.6 Å². The molecule has 1 saturated carbocycles. The van der Waals surface area contributed by atoms with Gasteiger partial charge in [-0.15, -0.1) is 0 Å². The highest BCUT2D eigenvalue weighted by Crippen LogP contribution is 2.26. The fraction of sp³-hybridized carbons (Fsp3) is 0.538. The number of nitrogens with one attached hydrogen (secondary N) is 1. The van der Waals surface area contributed by atoms with Crippen molar-refractivity contribution in [3.8, 4) is 0 Å². The monoisotopic (exact) mass is 207 g/mol. The molecule has 82 valence electrons. The van der Waals surface area contributed by atoms with E-state index in [2.05, 4.69) is 12.2 Å². The van der Waals surface area contributed by atoms with Gasteiger partial charge in [-0.3, -0.25) is 0 Å². The van der Waals surface area contributed by atoms with Gasteiger partial charge in [0, 0.05) is 18.2 Å². The third-order valence-corrected chi connectivity index (χ3v) is 3.16. The molecule has 0 heterocycles. The normalized spacial score (nSPS) is 25.0. The average molecular weight is 207 g/mol. The molecule has 1 fully saturated rings. The smallest absolute Gasteiger partial charge is 0.127 e. The van der Waals surface area contributed by atoms with Gasteiger partial charge < -0.3 is 5.32 Å². The third-order valence-electron chi connectivity index (χ3n) is 3.16. The molecular weight excluding hydrogens is 189 g/mol. The molecular formula is C13H18FN. The summed E-state index contributed by atoms with van der Waals surface area (Å²) >= 11 is 0. The third kappa shape index (κ3) is 2.57. The lowest BCUT2D eigenvalue weighted by Crippen LogP contribution is -2.39. The maximum atomic E-state index is 13.4. The van der Waals surface area contributed by atoms with Crippen LogP contribution >= 0.6 is 0 Å². The first-order chi connectivity index (χ1) is 7.15. The number of hydrogen-bond acceptors (Lipinski definition) is 1. The summed E-state index contributed by atoms with van der Waals surface area (Å²) in [7, 11) is 0. The van der Waals surface area contributed by atoms with Crippen molar-refractivity contribution in [1.29, 1.82) is 0 Å². The Balaban J connectivity index is 1.90. The van der Waals surface area contributed by atoms with Crippen LogP contribution in [0.3, 0.4) is 0 Å². The van der Waals surface area contributed by atoms with Crippen LogP contribution in [0.4, 0.5) is 4.39 Å². The zero-order valence-electron chi connectivity index (χ0n) is 9.39. The second-order valence-corrected chi connectivity index (χ2v) is 4.75. The number of rotatable bonds is 3. The van der Waals surface area contributed by atoms with E-state index < -0.39 is 0 Å². The maximum Gasteiger partial charge on any atom is 0.127 e. The molecule has 0 amide bonds. The molecule has 2 heteroatoms. The molecule has 15 heavy (non-hydrogen) atoms. The lowest BCUT2D eigenvalue weighted by molar-refractivity contribution is 0.239. The second kappa shape index (κ2) is 4.31. The molecule has 0 bridgehead atoms. The van der Waals surface area contributed by atoms with Gasteiger partial charge in [-0.2, -0.15) is 0 Å². The first kappa shape index (κ1) is 10.6. The maximum absolute atomic E-state index is 13.4. The van der Waals surface area contributed by atoms with E-state index in [1.54, 1.807) is 6.07 Å². The van der Waals surface area contributed by atoms with E-state index in [4.69, 9.17) is 0 Å². The minimum Gasteiger partial charge on any atom is -0.310 e. The minimum absolute atomic E-state index is 0.0968. The predicted molar refractivity (Wildman–Crippen MR) is 60.2 cm³/mol. The van der Waals surface area contributed by atoms with Gasteiger partial charge in [0.1, 0.15) is 5.82 Å². The van der Waals surface area contributed by atoms with E-state index >= 15 is 0 Å². The molecule has 2 rings (SSSR count). The van der Waals surface area contributed by atoms with Crippen LogP contribution in [-0.4, -0.2) is 6.04 Å². The van der Waals surface area contributed by atoms with Crippen molar-refractivity contribution in [1.82, 2.24) is 5.32 Å². The number of hydrogen-bond donors (Lipinski definition) is 1. The first-order valence-corrected chi connectivity index (χ1v) is 5.63. The highest BCUT2D eigenvalue weighted by atomic mass is 19.1. The number of halogens is 1. The molecule has 1 aliphatic carbocycles. The van der Waals surface area contributed by atoms with Crippen LogP contribution < -0.4 is 5.32 Å². The quantitative estimate of drug-likeness (QED) is 0.803. The average Bonchev–Trinajstić information content (AvgIpc) is 2.16. The number of benzene rings is 1. The molecule has 0 saturated heterocycles. The van der Waals surface area contributed by atoms with Gasteiger partial charge >= 0.3 is 0 Å². The molecule has 0 unspecified atom stereocenters. The standard InChI is InChI=1S/C13H18FN/c1-9-3-4-13(14)11(5-9)8-15-12-6-10(2)7-12/h3-5,10,12,15H,6-8H2,1-2H3. The summed E-state index contributed by atoms with van der Waals surface area (Å²) in [6.07, 6.45) is 2.46. The van der Waals surface area contributed by atoms with E-state index in [1.807, 2.05) is 19.1 Å². The molecule has 0 spiro atoms. The van der Waals surface area contributed by atoms with Gasteiger partial charge in [0.2, 0.25) is 0 Å². The van der Waals surface area contributed by atoms with Crippen LogP contribution in [0.2, 0.25) is 0 Å². The largest absolute Gasteiger partial charge is 0.310 e. The summed E-state index contributed by atoms with van der Waals surface area (Å²) in [5.41, 5.74) is 1.91. The molecule has 0 radical (unpaired) electrons. The Morgan fingerprint density at radius 3 is 2.80 bits per heavy atom. The van der Waals surface area contributed by atoms with Crippen molar-refractivity contribution >= 4 is 0 Å². The van der Waals surface area contributed by atoms with E-state index in [1.165, 1.54) is 12.8 Å². The van der Waals surface area contributed by atoms with Crippen LogP contribution in [-0.2, 0) is 6.54 Å². The van der Waals surface area contributed by atoms with Crippen molar-refractivity contribution in [3.05, 3.63) is 35.1 Å². The van der Waals surface area contributed by atoms with E-state index in [-0.39, 0.29) is 5.82 Å². The Labute approximate surface area is 90.7 Å². The van der Waals surface area contributed by atoms with Gasteiger partial charge in [0.15, 0.2) is 0 Å². The fourth-order valence-corrected chi connectivity index (χ4v) is 2.16. The Hall–Kier alpha value is -0.890. The number of aryl methyl sites for hydroxylation is 1. The fourth-order valence-electron chi connectivity index (χ4n) is 2.16. The lowest BCUT2D eigenvalue weighted by Gasteiger charge is -2.33. The van der Waals surface area contributed by atoms with Crippen molar-refractivity contribution in [2.24, 2.45) is 5.92 Å². The molecule has 0 atom stereocenters.